The molecule has 3 heterocycles. The van der Waals surface area contributed by atoms with E-state index in [1.54, 1.807) is 18.2 Å². The molecule has 1 aliphatic heterocycles. The lowest BCUT2D eigenvalue weighted by Gasteiger charge is -2.29. The molecule has 0 fully saturated rings. The molecular formula is C18H17Cl2N3O2S. The Balaban J connectivity index is 1.87. The first-order valence-corrected chi connectivity index (χ1v) is 9.72. The average Bonchev–Trinajstić information content (AvgIpc) is 2.91. The molecule has 0 aliphatic carbocycles. The van der Waals surface area contributed by atoms with Gasteiger partial charge in [0.15, 0.2) is 0 Å². The van der Waals surface area contributed by atoms with Crippen molar-refractivity contribution in [3.8, 4) is 0 Å². The number of fused-ring (bicyclic) bond motifs is 3. The topological polar surface area (TPSA) is 70.1 Å². The molecule has 8 heteroatoms. The molecule has 5 nitrogen and oxygen atoms in total. The van der Waals surface area contributed by atoms with Gasteiger partial charge in [-0.25, -0.2) is 9.66 Å². The Morgan fingerprint density at radius 2 is 2.04 bits per heavy atom. The SMILES string of the molecule is CC1(C)Cc2c(sc3nc(Cc4c(Cl)cccc4Cl)n(N)c(=O)c23)CO1. The fourth-order valence-corrected chi connectivity index (χ4v) is 4.87. The van der Waals surface area contributed by atoms with Crippen LogP contribution in [0.4, 0.5) is 0 Å². The minimum Gasteiger partial charge on any atom is -0.370 e. The Morgan fingerprint density at radius 1 is 1.35 bits per heavy atom. The minimum absolute atomic E-state index is 0.247. The molecule has 0 saturated carbocycles. The van der Waals surface area contributed by atoms with Crippen LogP contribution in [0.5, 0.6) is 0 Å². The van der Waals surface area contributed by atoms with Gasteiger partial charge < -0.3 is 10.6 Å². The summed E-state index contributed by atoms with van der Waals surface area (Å²) in [4.78, 5) is 19.3. The van der Waals surface area contributed by atoms with Crippen LogP contribution in [-0.2, 0) is 24.2 Å². The summed E-state index contributed by atoms with van der Waals surface area (Å²) in [6.07, 6.45) is 0.944. The van der Waals surface area contributed by atoms with E-state index in [2.05, 4.69) is 4.98 Å². The molecular weight excluding hydrogens is 393 g/mol. The molecule has 4 rings (SSSR count). The average molecular weight is 410 g/mol. The zero-order valence-electron chi connectivity index (χ0n) is 14.3. The molecule has 0 bridgehead atoms. The second kappa shape index (κ2) is 6.23. The zero-order chi connectivity index (χ0) is 18.6. The van der Waals surface area contributed by atoms with Crippen LogP contribution in [0.1, 0.15) is 35.7 Å². The number of thiophene rings is 1. The summed E-state index contributed by atoms with van der Waals surface area (Å²) in [6, 6.07) is 5.28. The van der Waals surface area contributed by atoms with Gasteiger partial charge in [0.25, 0.3) is 5.56 Å². The summed E-state index contributed by atoms with van der Waals surface area (Å²) in [5.74, 6) is 6.51. The van der Waals surface area contributed by atoms with Crippen LogP contribution >= 0.6 is 34.5 Å². The van der Waals surface area contributed by atoms with Crippen molar-refractivity contribution < 1.29 is 4.74 Å². The van der Waals surface area contributed by atoms with Gasteiger partial charge in [0, 0.05) is 27.8 Å². The van der Waals surface area contributed by atoms with Crippen molar-refractivity contribution in [1.82, 2.24) is 9.66 Å². The molecule has 3 aromatic rings. The highest BCUT2D eigenvalue weighted by molar-refractivity contribution is 7.18. The Morgan fingerprint density at radius 3 is 2.73 bits per heavy atom. The van der Waals surface area contributed by atoms with Crippen molar-refractivity contribution in [2.45, 2.75) is 38.9 Å². The van der Waals surface area contributed by atoms with E-state index in [1.165, 1.54) is 11.3 Å². The monoisotopic (exact) mass is 409 g/mol. The maximum atomic E-state index is 13.0. The molecule has 2 N–H and O–H groups in total. The van der Waals surface area contributed by atoms with E-state index in [4.69, 9.17) is 33.8 Å². The smallest absolute Gasteiger partial charge is 0.280 e. The third-order valence-electron chi connectivity index (χ3n) is 4.61. The van der Waals surface area contributed by atoms with E-state index < -0.39 is 0 Å². The van der Waals surface area contributed by atoms with Gasteiger partial charge in [0.2, 0.25) is 0 Å². The summed E-state index contributed by atoms with van der Waals surface area (Å²) in [5.41, 5.74) is 1.15. The maximum absolute atomic E-state index is 13.0. The molecule has 0 atom stereocenters. The molecule has 0 unspecified atom stereocenters. The van der Waals surface area contributed by atoms with Gasteiger partial charge in [-0.2, -0.15) is 0 Å². The molecule has 2 aromatic heterocycles. The summed E-state index contributed by atoms with van der Waals surface area (Å²) in [5, 5.41) is 1.64. The van der Waals surface area contributed by atoms with Crippen molar-refractivity contribution in [1.29, 1.82) is 0 Å². The first kappa shape index (κ1) is 17.8. The van der Waals surface area contributed by atoms with E-state index in [0.29, 0.717) is 44.7 Å². The van der Waals surface area contributed by atoms with Gasteiger partial charge >= 0.3 is 0 Å². The van der Waals surface area contributed by atoms with Crippen molar-refractivity contribution in [3.63, 3.8) is 0 Å². The summed E-state index contributed by atoms with van der Waals surface area (Å²) in [7, 11) is 0. The minimum atomic E-state index is -0.309. The van der Waals surface area contributed by atoms with Crippen LogP contribution in [0.25, 0.3) is 10.2 Å². The van der Waals surface area contributed by atoms with Crippen LogP contribution in [0.3, 0.4) is 0 Å². The number of nitrogens with zero attached hydrogens (tertiary/aromatic N) is 2. The van der Waals surface area contributed by atoms with Gasteiger partial charge in [-0.05, 0) is 37.1 Å². The van der Waals surface area contributed by atoms with Gasteiger partial charge in [-0.3, -0.25) is 4.79 Å². The second-order valence-corrected chi connectivity index (χ2v) is 8.89. The quantitative estimate of drug-likeness (QED) is 0.651. The van der Waals surface area contributed by atoms with E-state index in [0.717, 1.165) is 15.1 Å². The lowest BCUT2D eigenvalue weighted by atomic mass is 9.94. The van der Waals surface area contributed by atoms with E-state index in [9.17, 15) is 4.79 Å². The Hall–Kier alpha value is -1.60. The van der Waals surface area contributed by atoms with Gasteiger partial charge in [0.05, 0.1) is 17.6 Å². The molecule has 1 aromatic carbocycles. The zero-order valence-corrected chi connectivity index (χ0v) is 16.6. The number of ether oxygens (including phenoxy) is 1. The lowest BCUT2D eigenvalue weighted by Crippen LogP contribution is -2.34. The van der Waals surface area contributed by atoms with E-state index in [-0.39, 0.29) is 17.6 Å². The molecule has 0 radical (unpaired) electrons. The number of benzene rings is 1. The molecule has 1 aliphatic rings. The fraction of sp³-hybridized carbons (Fsp3) is 0.333. The Labute approximate surface area is 164 Å². The van der Waals surface area contributed by atoms with Crippen LogP contribution in [0.15, 0.2) is 23.0 Å². The number of aromatic nitrogens is 2. The highest BCUT2D eigenvalue weighted by Gasteiger charge is 2.31. The van der Waals surface area contributed by atoms with Crippen LogP contribution < -0.4 is 11.4 Å². The molecule has 136 valence electrons. The third kappa shape index (κ3) is 2.91. The van der Waals surface area contributed by atoms with Crippen molar-refractivity contribution in [2.24, 2.45) is 0 Å². The lowest BCUT2D eigenvalue weighted by molar-refractivity contribution is -0.0379. The van der Waals surface area contributed by atoms with Crippen molar-refractivity contribution in [2.75, 3.05) is 5.84 Å². The first-order valence-electron chi connectivity index (χ1n) is 8.15. The predicted molar refractivity (Wildman–Crippen MR) is 106 cm³/mol. The van der Waals surface area contributed by atoms with Gasteiger partial charge in [-0.15, -0.1) is 11.3 Å². The maximum Gasteiger partial charge on any atom is 0.280 e. The summed E-state index contributed by atoms with van der Waals surface area (Å²) >= 11 is 14.0. The number of nitrogens with two attached hydrogens (primary N) is 1. The second-order valence-electron chi connectivity index (χ2n) is 6.99. The Kier molecular flexibility index (Phi) is 4.27. The molecule has 0 amide bonds. The predicted octanol–water partition coefficient (Wildman–Crippen LogP) is 3.92. The molecule has 0 saturated heterocycles. The molecule has 26 heavy (non-hydrogen) atoms. The first-order chi connectivity index (χ1) is 12.3. The van der Waals surface area contributed by atoms with Gasteiger partial charge in [0.1, 0.15) is 10.7 Å². The number of hydrogen-bond acceptors (Lipinski definition) is 5. The third-order valence-corrected chi connectivity index (χ3v) is 6.41. The molecule has 0 spiro atoms. The van der Waals surface area contributed by atoms with E-state index >= 15 is 0 Å². The highest BCUT2D eigenvalue weighted by atomic mass is 35.5. The largest absolute Gasteiger partial charge is 0.370 e. The normalized spacial score (nSPS) is 16.0. The van der Waals surface area contributed by atoms with Crippen LogP contribution in [0, 0.1) is 0 Å². The number of rotatable bonds is 2. The fourth-order valence-electron chi connectivity index (χ4n) is 3.23. The van der Waals surface area contributed by atoms with E-state index in [1.807, 2.05) is 13.8 Å². The highest BCUT2D eigenvalue weighted by Crippen LogP contribution is 2.37. The van der Waals surface area contributed by atoms with Gasteiger partial charge in [-0.1, -0.05) is 29.3 Å². The van der Waals surface area contributed by atoms with Crippen molar-refractivity contribution in [3.05, 3.63) is 60.4 Å². The number of halogens is 2. The van der Waals surface area contributed by atoms with Crippen LogP contribution in [0.2, 0.25) is 10.0 Å². The van der Waals surface area contributed by atoms with Crippen molar-refractivity contribution >= 4 is 44.8 Å². The standard InChI is InChI=1S/C18H17Cl2N3O2S/c1-18(2)7-10-13(8-25-18)26-16-15(10)17(24)23(21)14(22-16)6-9-11(19)4-3-5-12(9)20/h3-5H,6-8,21H2,1-2H3. The number of nitrogen functional groups attached to an aromatic ring is 1. The Bertz CT molecular complexity index is 1070. The summed E-state index contributed by atoms with van der Waals surface area (Å²) < 4.78 is 6.97. The van der Waals surface area contributed by atoms with Crippen LogP contribution in [-0.4, -0.2) is 15.3 Å². The summed E-state index contributed by atoms with van der Waals surface area (Å²) in [6.45, 7) is 4.52. The number of hydrogen-bond donors (Lipinski definition) is 1.